The zero-order chi connectivity index (χ0) is 6.78. The first-order valence-electron chi connectivity index (χ1n) is 1.90. The summed E-state index contributed by atoms with van der Waals surface area (Å²) in [5.74, 6) is 0. The van der Waals surface area contributed by atoms with Crippen molar-refractivity contribution in [3.05, 3.63) is 0 Å². The van der Waals surface area contributed by atoms with Crippen LogP contribution in [0.4, 0.5) is 0 Å². The topological polar surface area (TPSA) is 80.4 Å². The molecule has 4 nitrogen and oxygen atoms in total. The molecule has 0 heterocycles. The summed E-state index contributed by atoms with van der Waals surface area (Å²) >= 11 is 0.194. The summed E-state index contributed by atoms with van der Waals surface area (Å²) in [6.07, 6.45) is 0. The molecule has 0 aromatic rings. The van der Waals surface area contributed by atoms with Gasteiger partial charge in [0.25, 0.3) is 0 Å². The molecule has 0 aromatic heterocycles. The van der Waals surface area contributed by atoms with Crippen molar-refractivity contribution in [2.24, 2.45) is 5.73 Å². The zero-order valence-corrected chi connectivity index (χ0v) is 9.42. The molecule has 0 aromatic carbocycles. The Labute approximate surface area is 63.9 Å². The van der Waals surface area contributed by atoms with Crippen molar-refractivity contribution in [3.8, 4) is 0 Å². The standard InChI is InChI=1S/C2H6NO3S.Pb.H/c3-1-2-7(4,5)6;;/h2H,1,3H2,(H,4,5,6);;. The van der Waals surface area contributed by atoms with E-state index in [1.54, 1.807) is 0 Å². The van der Waals surface area contributed by atoms with Crippen LogP contribution in [0, 0.1) is 0 Å². The van der Waals surface area contributed by atoms with Gasteiger partial charge in [0, 0.05) is 0 Å². The average Bonchev–Trinajstić information content (AvgIpc) is 1.62. The van der Waals surface area contributed by atoms with E-state index in [-0.39, 0.29) is 32.3 Å². The summed E-state index contributed by atoms with van der Waals surface area (Å²) in [5, 5.41) is 0. The molecule has 0 aliphatic carbocycles. The quantitative estimate of drug-likeness (QED) is 0.455. The molecule has 0 saturated carbocycles. The second kappa shape index (κ2) is 3.09. The van der Waals surface area contributed by atoms with Gasteiger partial charge in [0.15, 0.2) is 0 Å². The third kappa shape index (κ3) is 2.95. The van der Waals surface area contributed by atoms with Crippen LogP contribution in [-0.2, 0) is 10.1 Å². The van der Waals surface area contributed by atoms with E-state index in [1.165, 1.54) is 0 Å². The van der Waals surface area contributed by atoms with E-state index in [4.69, 9.17) is 10.3 Å². The average molecular weight is 332 g/mol. The van der Waals surface area contributed by atoms with Crippen LogP contribution < -0.4 is 5.73 Å². The first-order valence-corrected chi connectivity index (χ1v) is 6.00. The Bertz CT molecular complexity index is 153. The molecule has 0 rings (SSSR count). The molecule has 48 valence electrons. The van der Waals surface area contributed by atoms with E-state index in [1.807, 2.05) is 0 Å². The zero-order valence-electron chi connectivity index (χ0n) is 4.11. The third-order valence-corrected chi connectivity index (χ3v) is 6.64. The van der Waals surface area contributed by atoms with Crippen molar-refractivity contribution in [2.45, 2.75) is 2.81 Å². The second-order valence-electron chi connectivity index (χ2n) is 1.29. The van der Waals surface area contributed by atoms with Gasteiger partial charge in [-0.15, -0.1) is 0 Å². The van der Waals surface area contributed by atoms with Gasteiger partial charge in [-0.25, -0.2) is 0 Å². The first kappa shape index (κ1) is 8.79. The predicted molar refractivity (Wildman–Crippen MR) is 31.5 cm³/mol. The summed E-state index contributed by atoms with van der Waals surface area (Å²) in [5.41, 5.74) is 4.96. The fourth-order valence-electron chi connectivity index (χ4n) is 0.122. The Morgan fingerprint density at radius 2 is 2.12 bits per heavy atom. The van der Waals surface area contributed by atoms with Gasteiger partial charge in [-0.3, -0.25) is 0 Å². The minimum absolute atomic E-state index is 0.0312. The Balaban J connectivity index is 4.04. The van der Waals surface area contributed by atoms with Gasteiger partial charge in [0.05, 0.1) is 0 Å². The van der Waals surface area contributed by atoms with E-state index >= 15 is 0 Å². The number of hydrogen-bond donors (Lipinski definition) is 2. The van der Waals surface area contributed by atoms with Crippen LogP contribution in [0.3, 0.4) is 0 Å². The molecule has 0 fully saturated rings. The van der Waals surface area contributed by atoms with Crippen molar-refractivity contribution in [1.29, 1.82) is 0 Å². The van der Waals surface area contributed by atoms with Crippen LogP contribution in [-0.4, -0.2) is 48.1 Å². The molecule has 3 N–H and O–H groups in total. The van der Waals surface area contributed by atoms with Crippen LogP contribution in [0.5, 0.6) is 0 Å². The van der Waals surface area contributed by atoms with Crippen molar-refractivity contribution >= 4 is 35.9 Å². The molecular weight excluding hydrogens is 325 g/mol. The molecule has 8 heavy (non-hydrogen) atoms. The summed E-state index contributed by atoms with van der Waals surface area (Å²) in [7, 11) is -3.80. The monoisotopic (exact) mass is 333 g/mol. The van der Waals surface area contributed by atoms with Gasteiger partial charge >= 0.3 is 63.9 Å². The van der Waals surface area contributed by atoms with Crippen molar-refractivity contribution in [1.82, 2.24) is 0 Å². The number of hydrogen-bond acceptors (Lipinski definition) is 3. The van der Waals surface area contributed by atoms with Crippen molar-refractivity contribution in [3.63, 3.8) is 0 Å². The van der Waals surface area contributed by atoms with Crippen LogP contribution >= 0.6 is 0 Å². The van der Waals surface area contributed by atoms with Gasteiger partial charge in [-0.1, -0.05) is 0 Å². The third-order valence-electron chi connectivity index (χ3n) is 0.615. The second-order valence-corrected chi connectivity index (χ2v) is 7.93. The molecule has 1 atom stereocenters. The molecule has 1 unspecified atom stereocenters. The van der Waals surface area contributed by atoms with Crippen LogP contribution in [0.15, 0.2) is 0 Å². The molecule has 0 amide bonds. The van der Waals surface area contributed by atoms with Gasteiger partial charge in [-0.2, -0.15) is 0 Å². The molecular formula is C2H7NO3PbS. The Kier molecular flexibility index (Phi) is 3.39. The molecule has 0 saturated heterocycles. The maximum absolute atomic E-state index is 10.1. The fraction of sp³-hybridized carbons (Fsp3) is 1.00. The Morgan fingerprint density at radius 3 is 2.12 bits per heavy atom. The molecule has 0 spiro atoms. The fourth-order valence-corrected chi connectivity index (χ4v) is 0.365. The SMILES string of the molecule is NC[CH]([PbH])S(=O)(=O)O. The number of nitrogens with two attached hydrogens (primary N) is 1. The summed E-state index contributed by atoms with van der Waals surface area (Å²) in [6, 6.07) is 0. The van der Waals surface area contributed by atoms with E-state index in [2.05, 4.69) is 0 Å². The summed E-state index contributed by atoms with van der Waals surface area (Å²) < 4.78 is 27.7. The van der Waals surface area contributed by atoms with Crippen molar-refractivity contribution in [2.75, 3.05) is 6.54 Å². The predicted octanol–water partition coefficient (Wildman–Crippen LogP) is -1.94. The first-order chi connectivity index (χ1) is 3.48. The Morgan fingerprint density at radius 1 is 1.75 bits per heavy atom. The number of rotatable bonds is 2. The van der Waals surface area contributed by atoms with E-state index in [0.717, 1.165) is 0 Å². The molecule has 2 radical (unpaired) electrons. The summed E-state index contributed by atoms with van der Waals surface area (Å²) in [6.45, 7) is 0.0312. The van der Waals surface area contributed by atoms with Crippen molar-refractivity contribution < 1.29 is 13.0 Å². The van der Waals surface area contributed by atoms with E-state index < -0.39 is 12.9 Å². The van der Waals surface area contributed by atoms with Crippen LogP contribution in [0.25, 0.3) is 0 Å². The van der Waals surface area contributed by atoms with Gasteiger partial charge in [0.2, 0.25) is 0 Å². The van der Waals surface area contributed by atoms with Crippen LogP contribution in [0.1, 0.15) is 0 Å². The molecule has 0 aliphatic heterocycles. The van der Waals surface area contributed by atoms with E-state index in [9.17, 15) is 8.42 Å². The van der Waals surface area contributed by atoms with E-state index in [0.29, 0.717) is 0 Å². The maximum atomic E-state index is 10.1. The van der Waals surface area contributed by atoms with Crippen LogP contribution in [0.2, 0.25) is 0 Å². The van der Waals surface area contributed by atoms with Gasteiger partial charge in [-0.05, 0) is 0 Å². The molecule has 0 aliphatic rings. The van der Waals surface area contributed by atoms with Gasteiger partial charge in [0.1, 0.15) is 0 Å². The normalized spacial score (nSPS) is 15.9. The molecule has 6 heteroatoms. The minimum atomic E-state index is -3.80. The molecule has 0 bridgehead atoms. The van der Waals surface area contributed by atoms with Gasteiger partial charge < -0.3 is 0 Å². The summed E-state index contributed by atoms with van der Waals surface area (Å²) in [4.78, 5) is 0. The Hall–Kier alpha value is 0.792.